The zero-order valence-corrected chi connectivity index (χ0v) is 19.5. The Labute approximate surface area is 201 Å². The zero-order valence-electron chi connectivity index (χ0n) is 17.2. The van der Waals surface area contributed by atoms with Crippen LogP contribution in [0.25, 0.3) is 0 Å². The van der Waals surface area contributed by atoms with Crippen LogP contribution in [0.5, 0.6) is 5.75 Å². The molecule has 2 aromatic rings. The van der Waals surface area contributed by atoms with Crippen LogP contribution in [-0.4, -0.2) is 55.9 Å². The average molecular weight is 563 g/mol. The van der Waals surface area contributed by atoms with Crippen LogP contribution in [0.15, 0.2) is 59.6 Å². The quantitative estimate of drug-likeness (QED) is 0.319. The summed E-state index contributed by atoms with van der Waals surface area (Å²) < 4.78 is 40.3. The first kappa shape index (κ1) is 25.6. The number of amides is 1. The van der Waals surface area contributed by atoms with Gasteiger partial charge in [0.25, 0.3) is 0 Å². The number of ether oxygens (including phenoxy) is 1. The smallest absolute Gasteiger partial charge is 0.406 e. The second-order valence-corrected chi connectivity index (χ2v) is 6.92. The van der Waals surface area contributed by atoms with E-state index in [1.165, 1.54) is 24.3 Å². The number of nitrogens with zero attached hydrogens (tertiary/aromatic N) is 3. The van der Waals surface area contributed by atoms with E-state index in [9.17, 15) is 18.0 Å². The van der Waals surface area contributed by atoms with Gasteiger partial charge in [0.1, 0.15) is 5.75 Å². The Hall–Kier alpha value is -2.70. The lowest BCUT2D eigenvalue weighted by atomic mass is 10.2. The summed E-state index contributed by atoms with van der Waals surface area (Å²) in [6.45, 7) is 3.06. The Morgan fingerprint density at radius 3 is 2.25 bits per heavy atom. The Morgan fingerprint density at radius 1 is 1.03 bits per heavy atom. The second-order valence-electron chi connectivity index (χ2n) is 6.92. The number of para-hydroxylation sites is 1. The van der Waals surface area contributed by atoms with Crippen LogP contribution in [-0.2, 0) is 4.79 Å². The number of nitrogens with two attached hydrogens (primary N) is 1. The first-order valence-electron chi connectivity index (χ1n) is 9.81. The summed E-state index contributed by atoms with van der Waals surface area (Å²) in [6, 6.07) is 15.2. The van der Waals surface area contributed by atoms with Crippen LogP contribution < -0.4 is 20.7 Å². The van der Waals surface area contributed by atoms with Gasteiger partial charge in [0.2, 0.25) is 5.91 Å². The van der Waals surface area contributed by atoms with Crippen molar-refractivity contribution in [2.45, 2.75) is 12.8 Å². The number of carbonyl (C=O) groups excluding carboxylic acids is 1. The van der Waals surface area contributed by atoms with Gasteiger partial charge in [0.15, 0.2) is 5.96 Å². The largest absolute Gasteiger partial charge is 0.573 e. The van der Waals surface area contributed by atoms with Crippen molar-refractivity contribution in [2.75, 3.05) is 42.9 Å². The lowest BCUT2D eigenvalue weighted by Crippen LogP contribution is -2.48. The van der Waals surface area contributed by atoms with Gasteiger partial charge >= 0.3 is 6.36 Å². The summed E-state index contributed by atoms with van der Waals surface area (Å²) in [5.74, 6) is -0.240. The highest BCUT2D eigenvalue weighted by Gasteiger charge is 2.31. The van der Waals surface area contributed by atoms with E-state index in [0.717, 1.165) is 18.8 Å². The number of guanidine groups is 1. The summed E-state index contributed by atoms with van der Waals surface area (Å²) in [7, 11) is 0. The molecule has 1 heterocycles. The van der Waals surface area contributed by atoms with Gasteiger partial charge < -0.3 is 25.6 Å². The predicted molar refractivity (Wildman–Crippen MR) is 129 cm³/mol. The van der Waals surface area contributed by atoms with Crippen LogP contribution in [0.1, 0.15) is 6.42 Å². The molecule has 3 rings (SSSR count). The number of hydrogen-bond acceptors (Lipinski definition) is 4. The van der Waals surface area contributed by atoms with Gasteiger partial charge in [-0.3, -0.25) is 9.79 Å². The molecule has 1 fully saturated rings. The van der Waals surface area contributed by atoms with Gasteiger partial charge in [-0.05, 0) is 36.4 Å². The zero-order chi connectivity index (χ0) is 22.3. The molecule has 174 valence electrons. The topological polar surface area (TPSA) is 83.2 Å². The molecule has 0 aromatic heterocycles. The molecule has 1 aliphatic rings. The van der Waals surface area contributed by atoms with Crippen molar-refractivity contribution in [1.82, 2.24) is 4.90 Å². The van der Waals surface area contributed by atoms with Crippen LogP contribution in [0.4, 0.5) is 24.5 Å². The maximum atomic E-state index is 12.4. The van der Waals surface area contributed by atoms with Crippen molar-refractivity contribution in [3.05, 3.63) is 54.6 Å². The summed E-state index contributed by atoms with van der Waals surface area (Å²) in [5, 5.41) is 2.77. The van der Waals surface area contributed by atoms with Gasteiger partial charge in [-0.1, -0.05) is 18.2 Å². The first-order valence-corrected chi connectivity index (χ1v) is 9.81. The number of halogens is 4. The Balaban J connectivity index is 0.00000363. The SMILES string of the molecule is I.NC(=NCCC(=O)N1CCN(c2ccccc2)CC1)Nc1ccc(OC(F)(F)F)cc1. The van der Waals surface area contributed by atoms with Crippen LogP contribution >= 0.6 is 24.0 Å². The van der Waals surface area contributed by atoms with E-state index in [4.69, 9.17) is 5.73 Å². The molecule has 0 saturated carbocycles. The Morgan fingerprint density at radius 2 is 1.66 bits per heavy atom. The van der Waals surface area contributed by atoms with Crippen LogP contribution in [0, 0.1) is 0 Å². The van der Waals surface area contributed by atoms with Crippen LogP contribution in [0.2, 0.25) is 0 Å². The molecule has 0 radical (unpaired) electrons. The van der Waals surface area contributed by atoms with E-state index >= 15 is 0 Å². The fourth-order valence-corrected chi connectivity index (χ4v) is 3.21. The van der Waals surface area contributed by atoms with Gasteiger partial charge in [0, 0.05) is 44.0 Å². The molecule has 1 aliphatic heterocycles. The van der Waals surface area contributed by atoms with E-state index < -0.39 is 6.36 Å². The fourth-order valence-electron chi connectivity index (χ4n) is 3.21. The molecule has 0 unspecified atom stereocenters. The monoisotopic (exact) mass is 563 g/mol. The molecule has 0 spiro atoms. The number of benzene rings is 2. The van der Waals surface area contributed by atoms with Crippen molar-refractivity contribution in [3.8, 4) is 5.75 Å². The summed E-state index contributed by atoms with van der Waals surface area (Å²) >= 11 is 0. The number of nitrogens with one attached hydrogen (secondary N) is 1. The summed E-state index contributed by atoms with van der Waals surface area (Å²) in [6.07, 6.45) is -4.51. The van der Waals surface area contributed by atoms with Crippen molar-refractivity contribution >= 4 is 47.2 Å². The van der Waals surface area contributed by atoms with E-state index in [2.05, 4.69) is 32.1 Å². The first-order chi connectivity index (χ1) is 14.8. The Kier molecular flexibility index (Phi) is 9.42. The molecule has 1 amide bonds. The number of aliphatic imine (C=N–C) groups is 1. The average Bonchev–Trinajstić information content (AvgIpc) is 2.75. The van der Waals surface area contributed by atoms with Crippen molar-refractivity contribution < 1.29 is 22.7 Å². The molecule has 32 heavy (non-hydrogen) atoms. The maximum absolute atomic E-state index is 12.4. The fraction of sp³-hybridized carbons (Fsp3) is 0.333. The lowest BCUT2D eigenvalue weighted by molar-refractivity contribution is -0.274. The van der Waals surface area contributed by atoms with Gasteiger partial charge in [-0.25, -0.2) is 0 Å². The molecule has 0 bridgehead atoms. The molecule has 11 heteroatoms. The lowest BCUT2D eigenvalue weighted by Gasteiger charge is -2.36. The van der Waals surface area contributed by atoms with Crippen molar-refractivity contribution in [1.29, 1.82) is 0 Å². The minimum atomic E-state index is -4.74. The number of piperazine rings is 1. The minimum Gasteiger partial charge on any atom is -0.406 e. The number of carbonyl (C=O) groups is 1. The van der Waals surface area contributed by atoms with Crippen LogP contribution in [0.3, 0.4) is 0 Å². The number of rotatable bonds is 6. The molecule has 1 saturated heterocycles. The molecule has 3 N–H and O–H groups in total. The minimum absolute atomic E-state index is 0. The maximum Gasteiger partial charge on any atom is 0.573 e. The van der Waals surface area contributed by atoms with E-state index in [1.807, 2.05) is 23.1 Å². The third-order valence-corrected chi connectivity index (χ3v) is 4.72. The molecule has 0 atom stereocenters. The summed E-state index contributed by atoms with van der Waals surface area (Å²) in [5.41, 5.74) is 7.40. The van der Waals surface area contributed by atoms with Crippen molar-refractivity contribution in [3.63, 3.8) is 0 Å². The second kappa shape index (κ2) is 11.8. The Bertz CT molecular complexity index is 887. The highest BCUT2D eigenvalue weighted by molar-refractivity contribution is 14.0. The predicted octanol–water partition coefficient (Wildman–Crippen LogP) is 3.67. The summed E-state index contributed by atoms with van der Waals surface area (Å²) in [4.78, 5) is 20.6. The number of alkyl halides is 3. The van der Waals surface area contributed by atoms with Gasteiger partial charge in [0.05, 0.1) is 6.54 Å². The molecular formula is C21H25F3IN5O2. The molecule has 2 aromatic carbocycles. The van der Waals surface area contributed by atoms with E-state index in [-0.39, 0.29) is 54.6 Å². The van der Waals surface area contributed by atoms with Gasteiger partial charge in [-0.2, -0.15) is 0 Å². The normalized spacial score (nSPS) is 14.5. The number of anilines is 2. The molecule has 0 aliphatic carbocycles. The van der Waals surface area contributed by atoms with E-state index in [1.54, 1.807) is 0 Å². The number of hydrogen-bond donors (Lipinski definition) is 2. The third kappa shape index (κ3) is 8.09. The third-order valence-electron chi connectivity index (χ3n) is 4.72. The standard InChI is InChI=1S/C21H24F3N5O2.HI/c22-21(23,24)31-18-8-6-16(7-9-18)27-20(25)26-11-10-19(30)29-14-12-28(13-15-29)17-4-2-1-3-5-17;/h1-9H,10-15H2,(H3,25,26,27);1H. The van der Waals surface area contributed by atoms with E-state index in [0.29, 0.717) is 18.8 Å². The highest BCUT2D eigenvalue weighted by atomic mass is 127. The molecular weight excluding hydrogens is 538 g/mol. The van der Waals surface area contributed by atoms with Gasteiger partial charge in [-0.15, -0.1) is 37.1 Å². The highest BCUT2D eigenvalue weighted by Crippen LogP contribution is 2.23. The molecule has 7 nitrogen and oxygen atoms in total. The van der Waals surface area contributed by atoms with Crippen molar-refractivity contribution in [2.24, 2.45) is 10.7 Å².